The van der Waals surface area contributed by atoms with E-state index in [1.807, 2.05) is 11.4 Å². The van der Waals surface area contributed by atoms with Gasteiger partial charge in [0.2, 0.25) is 0 Å². The normalized spacial score (nSPS) is 11.3. The summed E-state index contributed by atoms with van der Waals surface area (Å²) in [6.07, 6.45) is 3.29. The molecule has 0 radical (unpaired) electrons. The Morgan fingerprint density at radius 3 is 3.20 bits per heavy atom. The maximum atomic E-state index is 11.7. The van der Waals surface area contributed by atoms with E-state index in [2.05, 4.69) is 20.9 Å². The first-order chi connectivity index (χ1) is 7.27. The second-order valence-electron chi connectivity index (χ2n) is 3.15. The van der Waals surface area contributed by atoms with E-state index in [1.165, 1.54) is 6.20 Å². The van der Waals surface area contributed by atoms with Crippen molar-refractivity contribution < 1.29 is 4.73 Å². The second-order valence-corrected chi connectivity index (χ2v) is 4.89. The highest BCUT2D eigenvalue weighted by Crippen LogP contribution is 2.32. The van der Waals surface area contributed by atoms with Crippen LogP contribution in [0.4, 0.5) is 0 Å². The van der Waals surface area contributed by atoms with Gasteiger partial charge in [0.1, 0.15) is 10.2 Å². The molecule has 0 fully saturated rings. The van der Waals surface area contributed by atoms with Gasteiger partial charge in [-0.05, 0) is 22.0 Å². The van der Waals surface area contributed by atoms with Gasteiger partial charge >= 0.3 is 0 Å². The standard InChI is InChI=1S/C10H5BrN2OS/c11-7-5-15-10-6(7)4-12-8-2-1-3-13(14)9(8)10/h1-5H. The van der Waals surface area contributed by atoms with Gasteiger partial charge in [-0.2, -0.15) is 4.73 Å². The second kappa shape index (κ2) is 3.15. The smallest absolute Gasteiger partial charge is 0.260 e. The number of halogens is 1. The molecule has 0 aliphatic rings. The largest absolute Gasteiger partial charge is 0.618 e. The van der Waals surface area contributed by atoms with Crippen molar-refractivity contribution in [3.8, 4) is 0 Å². The van der Waals surface area contributed by atoms with Gasteiger partial charge in [-0.3, -0.25) is 0 Å². The fourth-order valence-corrected chi connectivity index (χ4v) is 3.24. The maximum absolute atomic E-state index is 11.7. The molecule has 0 aromatic carbocycles. The third-order valence-electron chi connectivity index (χ3n) is 2.27. The lowest BCUT2D eigenvalue weighted by atomic mass is 10.3. The first-order valence-electron chi connectivity index (χ1n) is 4.31. The summed E-state index contributed by atoms with van der Waals surface area (Å²) in [5.74, 6) is 0. The molecule has 0 aliphatic heterocycles. The fraction of sp³-hybridized carbons (Fsp3) is 0. The summed E-state index contributed by atoms with van der Waals surface area (Å²) < 4.78 is 2.83. The lowest BCUT2D eigenvalue weighted by Gasteiger charge is -2.00. The maximum Gasteiger partial charge on any atom is 0.260 e. The van der Waals surface area contributed by atoms with E-state index in [9.17, 15) is 5.21 Å². The molecule has 74 valence electrons. The van der Waals surface area contributed by atoms with Crippen molar-refractivity contribution in [2.24, 2.45) is 0 Å². The molecule has 0 N–H and O–H groups in total. The molecule has 5 heteroatoms. The van der Waals surface area contributed by atoms with Crippen molar-refractivity contribution in [2.75, 3.05) is 0 Å². The Hall–Kier alpha value is -1.20. The molecule has 3 rings (SSSR count). The van der Waals surface area contributed by atoms with Gasteiger partial charge < -0.3 is 5.21 Å². The van der Waals surface area contributed by atoms with E-state index < -0.39 is 0 Å². The predicted molar refractivity (Wildman–Crippen MR) is 63.8 cm³/mol. The Morgan fingerprint density at radius 2 is 2.33 bits per heavy atom. The van der Waals surface area contributed by atoms with E-state index in [-0.39, 0.29) is 0 Å². The van der Waals surface area contributed by atoms with Crippen LogP contribution in [0.15, 0.2) is 34.4 Å². The Labute approximate surface area is 97.7 Å². The van der Waals surface area contributed by atoms with Crippen LogP contribution in [0.5, 0.6) is 0 Å². The number of pyridine rings is 2. The number of aromatic nitrogens is 2. The molecule has 3 aromatic heterocycles. The van der Waals surface area contributed by atoms with Crippen molar-refractivity contribution in [2.45, 2.75) is 0 Å². The van der Waals surface area contributed by atoms with Gasteiger partial charge in [0.25, 0.3) is 5.52 Å². The van der Waals surface area contributed by atoms with Crippen molar-refractivity contribution in [3.05, 3.63) is 39.6 Å². The minimum Gasteiger partial charge on any atom is -0.618 e. The summed E-state index contributed by atoms with van der Waals surface area (Å²) in [5, 5.41) is 14.6. The number of thiophene rings is 1. The zero-order valence-corrected chi connectivity index (χ0v) is 9.88. The highest BCUT2D eigenvalue weighted by atomic mass is 79.9. The Kier molecular flexibility index (Phi) is 1.90. The molecule has 15 heavy (non-hydrogen) atoms. The number of rotatable bonds is 0. The zero-order chi connectivity index (χ0) is 10.4. The minimum absolute atomic E-state index is 0.644. The van der Waals surface area contributed by atoms with E-state index in [0.29, 0.717) is 5.52 Å². The zero-order valence-electron chi connectivity index (χ0n) is 7.48. The first kappa shape index (κ1) is 9.06. The molecule has 0 saturated heterocycles. The van der Waals surface area contributed by atoms with Crippen LogP contribution in [-0.4, -0.2) is 4.98 Å². The van der Waals surface area contributed by atoms with E-state index in [1.54, 1.807) is 23.6 Å². The number of fused-ring (bicyclic) bond motifs is 3. The molecule has 0 spiro atoms. The summed E-state index contributed by atoms with van der Waals surface area (Å²) in [5.41, 5.74) is 1.38. The summed E-state index contributed by atoms with van der Waals surface area (Å²) >= 11 is 4.99. The van der Waals surface area contributed by atoms with Crippen molar-refractivity contribution in [3.63, 3.8) is 0 Å². The van der Waals surface area contributed by atoms with E-state index in [4.69, 9.17) is 0 Å². The summed E-state index contributed by atoms with van der Waals surface area (Å²) in [6.45, 7) is 0. The minimum atomic E-state index is 0.644. The molecule has 0 atom stereocenters. The lowest BCUT2D eigenvalue weighted by Crippen LogP contribution is -2.26. The average Bonchev–Trinajstić information content (AvgIpc) is 2.61. The molecular weight excluding hydrogens is 276 g/mol. The predicted octanol–water partition coefficient (Wildman–Crippen LogP) is 2.85. The molecule has 3 aromatic rings. The third kappa shape index (κ3) is 1.23. The van der Waals surface area contributed by atoms with Crippen LogP contribution < -0.4 is 4.73 Å². The molecular formula is C10H5BrN2OS. The SMILES string of the molecule is [O-][n+]1cccc2ncc3c(Br)csc3c21. The number of nitrogens with zero attached hydrogens (tertiary/aromatic N) is 2. The van der Waals surface area contributed by atoms with Crippen molar-refractivity contribution in [1.29, 1.82) is 0 Å². The van der Waals surface area contributed by atoms with Crippen molar-refractivity contribution >= 4 is 48.4 Å². The van der Waals surface area contributed by atoms with Crippen LogP contribution in [0, 0.1) is 5.21 Å². The van der Waals surface area contributed by atoms with Crippen LogP contribution in [0.25, 0.3) is 21.1 Å². The quantitative estimate of drug-likeness (QED) is 0.469. The third-order valence-corrected chi connectivity index (χ3v) is 4.23. The monoisotopic (exact) mass is 280 g/mol. The topological polar surface area (TPSA) is 39.8 Å². The summed E-state index contributed by atoms with van der Waals surface area (Å²) in [6, 6.07) is 3.55. The van der Waals surface area contributed by atoms with Crippen LogP contribution in [0.2, 0.25) is 0 Å². The van der Waals surface area contributed by atoms with Gasteiger partial charge in [0.15, 0.2) is 6.20 Å². The molecule has 0 saturated carbocycles. The van der Waals surface area contributed by atoms with Gasteiger partial charge in [0, 0.05) is 27.5 Å². The van der Waals surface area contributed by atoms with E-state index >= 15 is 0 Å². The van der Waals surface area contributed by atoms with Gasteiger partial charge in [-0.15, -0.1) is 11.3 Å². The summed E-state index contributed by atoms with van der Waals surface area (Å²) in [7, 11) is 0. The van der Waals surface area contributed by atoms with Crippen LogP contribution in [-0.2, 0) is 0 Å². The van der Waals surface area contributed by atoms with Gasteiger partial charge in [-0.25, -0.2) is 4.98 Å². The Bertz CT molecular complexity index is 665. The lowest BCUT2D eigenvalue weighted by molar-refractivity contribution is -0.576. The molecule has 0 aliphatic carbocycles. The molecule has 0 amide bonds. The highest BCUT2D eigenvalue weighted by molar-refractivity contribution is 9.10. The molecule has 0 unspecified atom stereocenters. The fourth-order valence-electron chi connectivity index (χ4n) is 1.58. The Balaban J connectivity index is 2.64. The van der Waals surface area contributed by atoms with Crippen LogP contribution in [0.3, 0.4) is 0 Å². The molecule has 0 bridgehead atoms. The van der Waals surface area contributed by atoms with E-state index in [0.717, 1.165) is 24.8 Å². The molecule has 3 nitrogen and oxygen atoms in total. The van der Waals surface area contributed by atoms with Crippen molar-refractivity contribution in [1.82, 2.24) is 4.98 Å². The Morgan fingerprint density at radius 1 is 1.47 bits per heavy atom. The van der Waals surface area contributed by atoms with Gasteiger partial charge in [-0.1, -0.05) is 0 Å². The highest BCUT2D eigenvalue weighted by Gasteiger charge is 2.13. The van der Waals surface area contributed by atoms with Crippen LogP contribution in [0.1, 0.15) is 0 Å². The molecule has 3 heterocycles. The number of hydrogen-bond donors (Lipinski definition) is 0. The first-order valence-corrected chi connectivity index (χ1v) is 5.98. The van der Waals surface area contributed by atoms with Gasteiger partial charge in [0.05, 0.1) is 0 Å². The van der Waals surface area contributed by atoms with Crippen LogP contribution >= 0.6 is 27.3 Å². The summed E-state index contributed by atoms with van der Waals surface area (Å²) in [4.78, 5) is 4.26. The average molecular weight is 281 g/mol. The number of hydrogen-bond acceptors (Lipinski definition) is 3.